The third-order valence-electron chi connectivity index (χ3n) is 6.13. The molecule has 37 heavy (non-hydrogen) atoms. The maximum atomic E-state index is 13.4. The van der Waals surface area contributed by atoms with Crippen LogP contribution in [0, 0.1) is 17.2 Å². The lowest BCUT2D eigenvalue weighted by Crippen LogP contribution is -2.50. The predicted molar refractivity (Wildman–Crippen MR) is 139 cm³/mol. The molecular weight excluding hydrogens is 476 g/mol. The van der Waals surface area contributed by atoms with Crippen LogP contribution in [0.3, 0.4) is 0 Å². The molecule has 1 unspecified atom stereocenters. The van der Waals surface area contributed by atoms with Gasteiger partial charge in [-0.3, -0.25) is 14.5 Å². The molecule has 0 bridgehead atoms. The van der Waals surface area contributed by atoms with Crippen LogP contribution >= 0.6 is 0 Å². The van der Waals surface area contributed by atoms with E-state index in [1.807, 2.05) is 32.9 Å². The highest BCUT2D eigenvalue weighted by Crippen LogP contribution is 2.40. The van der Waals surface area contributed by atoms with Crippen molar-refractivity contribution in [1.82, 2.24) is 4.90 Å². The maximum absolute atomic E-state index is 13.4. The Kier molecular flexibility index (Phi) is 8.25. The first-order valence-electron chi connectivity index (χ1n) is 12.6. The molecule has 1 aromatic rings. The Morgan fingerprint density at radius 2 is 1.62 bits per heavy atom. The maximum Gasteiger partial charge on any atom is 0.410 e. The second-order valence-corrected chi connectivity index (χ2v) is 11.3. The fraction of sp³-hybridized carbons (Fsp3) is 0.630. The lowest BCUT2D eigenvalue weighted by Gasteiger charge is -2.37. The number of nitriles is 1. The van der Waals surface area contributed by atoms with Crippen LogP contribution < -0.4 is 14.5 Å². The first kappa shape index (κ1) is 28.1. The first-order chi connectivity index (χ1) is 17.2. The smallest absolute Gasteiger partial charge is 0.410 e. The number of benzene rings is 1. The molecule has 0 radical (unpaired) electrons. The van der Waals surface area contributed by atoms with Gasteiger partial charge in [0.05, 0.1) is 24.6 Å². The monoisotopic (exact) mass is 514 g/mol. The van der Waals surface area contributed by atoms with Gasteiger partial charge in [0.1, 0.15) is 29.4 Å². The SMILES string of the molecule is COc1cc2c(cc1N1CCN(C(=O)OC(C)(C)C)CC1)CCC(C(=O)OC(C)(C)C)C(=O)N2CC#N. The zero-order chi connectivity index (χ0) is 27.5. The summed E-state index contributed by atoms with van der Waals surface area (Å²) in [5, 5.41) is 9.45. The number of rotatable bonds is 4. The largest absolute Gasteiger partial charge is 0.495 e. The van der Waals surface area contributed by atoms with Crippen molar-refractivity contribution in [3.63, 3.8) is 0 Å². The van der Waals surface area contributed by atoms with Crippen LogP contribution in [-0.4, -0.2) is 73.9 Å². The number of nitrogens with zero attached hydrogens (tertiary/aromatic N) is 4. The fourth-order valence-corrected chi connectivity index (χ4v) is 4.47. The Bertz CT molecular complexity index is 1070. The summed E-state index contributed by atoms with van der Waals surface area (Å²) in [5.74, 6) is -1.48. The molecule has 202 valence electrons. The van der Waals surface area contributed by atoms with E-state index in [1.165, 1.54) is 4.90 Å². The van der Waals surface area contributed by atoms with Crippen molar-refractivity contribution in [2.24, 2.45) is 5.92 Å². The van der Waals surface area contributed by atoms with E-state index in [-0.39, 0.29) is 19.1 Å². The highest BCUT2D eigenvalue weighted by Gasteiger charge is 2.38. The number of anilines is 2. The van der Waals surface area contributed by atoms with E-state index in [0.29, 0.717) is 44.0 Å². The zero-order valence-corrected chi connectivity index (χ0v) is 22.9. The molecule has 2 aliphatic heterocycles. The van der Waals surface area contributed by atoms with Gasteiger partial charge in [0, 0.05) is 32.2 Å². The van der Waals surface area contributed by atoms with E-state index in [1.54, 1.807) is 38.8 Å². The molecule has 10 nitrogen and oxygen atoms in total. The van der Waals surface area contributed by atoms with Crippen LogP contribution in [0.15, 0.2) is 12.1 Å². The van der Waals surface area contributed by atoms with Crippen molar-refractivity contribution in [1.29, 1.82) is 5.26 Å². The quantitative estimate of drug-likeness (QED) is 0.341. The Hall–Kier alpha value is -3.48. The number of hydrogen-bond acceptors (Lipinski definition) is 8. The second kappa shape index (κ2) is 10.9. The summed E-state index contributed by atoms with van der Waals surface area (Å²) >= 11 is 0. The van der Waals surface area contributed by atoms with Crippen LogP contribution in [-0.2, 0) is 25.5 Å². The van der Waals surface area contributed by atoms with Gasteiger partial charge in [0.15, 0.2) is 0 Å². The van der Waals surface area contributed by atoms with Gasteiger partial charge in [0.25, 0.3) is 0 Å². The number of amides is 2. The second-order valence-electron chi connectivity index (χ2n) is 11.3. The van der Waals surface area contributed by atoms with E-state index >= 15 is 0 Å². The number of hydrogen-bond donors (Lipinski definition) is 0. The summed E-state index contributed by atoms with van der Waals surface area (Å²) in [4.78, 5) is 43.9. The van der Waals surface area contributed by atoms with Gasteiger partial charge < -0.3 is 24.0 Å². The highest BCUT2D eigenvalue weighted by atomic mass is 16.6. The molecule has 1 saturated heterocycles. The van der Waals surface area contributed by atoms with Gasteiger partial charge in [-0.2, -0.15) is 5.26 Å². The van der Waals surface area contributed by atoms with Crippen molar-refractivity contribution < 1.29 is 28.6 Å². The summed E-state index contributed by atoms with van der Waals surface area (Å²) in [5.41, 5.74) is 0.961. The van der Waals surface area contributed by atoms with Gasteiger partial charge in [-0.15, -0.1) is 0 Å². The van der Waals surface area contributed by atoms with Crippen LogP contribution in [0.5, 0.6) is 5.75 Å². The normalized spacial score (nSPS) is 18.5. The minimum absolute atomic E-state index is 0.192. The number of carbonyl (C=O) groups is 3. The van der Waals surface area contributed by atoms with Crippen molar-refractivity contribution >= 4 is 29.3 Å². The molecular formula is C27H38N4O6. The molecule has 0 saturated carbocycles. The van der Waals surface area contributed by atoms with Crippen molar-refractivity contribution in [3.8, 4) is 11.8 Å². The molecule has 10 heteroatoms. The fourth-order valence-electron chi connectivity index (χ4n) is 4.47. The summed E-state index contributed by atoms with van der Waals surface area (Å²) < 4.78 is 16.7. The van der Waals surface area contributed by atoms with E-state index in [4.69, 9.17) is 14.2 Å². The summed E-state index contributed by atoms with van der Waals surface area (Å²) in [6.07, 6.45) is 0.405. The van der Waals surface area contributed by atoms with Crippen molar-refractivity contribution in [2.75, 3.05) is 49.6 Å². The zero-order valence-electron chi connectivity index (χ0n) is 22.9. The molecule has 3 rings (SSSR count). The van der Waals surface area contributed by atoms with Crippen molar-refractivity contribution in [2.45, 2.75) is 65.6 Å². The molecule has 1 atom stereocenters. The van der Waals surface area contributed by atoms with Gasteiger partial charge in [-0.1, -0.05) is 0 Å². The number of carbonyl (C=O) groups excluding carboxylic acids is 3. The predicted octanol–water partition coefficient (Wildman–Crippen LogP) is 3.51. The number of aryl methyl sites for hydroxylation is 1. The minimum atomic E-state index is -0.994. The third kappa shape index (κ3) is 6.85. The Morgan fingerprint density at radius 3 is 2.16 bits per heavy atom. The number of ether oxygens (including phenoxy) is 3. The van der Waals surface area contributed by atoms with Gasteiger partial charge in [0.2, 0.25) is 5.91 Å². The van der Waals surface area contributed by atoms with Crippen LogP contribution in [0.25, 0.3) is 0 Å². The Balaban J connectivity index is 1.87. The molecule has 0 spiro atoms. The van der Waals surface area contributed by atoms with E-state index in [2.05, 4.69) is 4.90 Å². The first-order valence-corrected chi connectivity index (χ1v) is 12.6. The van der Waals surface area contributed by atoms with E-state index in [9.17, 15) is 19.6 Å². The molecule has 1 fully saturated rings. The van der Waals surface area contributed by atoms with Crippen LogP contribution in [0.1, 0.15) is 53.5 Å². The molecule has 1 aromatic carbocycles. The lowest BCUT2D eigenvalue weighted by atomic mass is 9.99. The molecule has 2 aliphatic rings. The number of fused-ring (bicyclic) bond motifs is 1. The highest BCUT2D eigenvalue weighted by molar-refractivity contribution is 6.07. The van der Waals surface area contributed by atoms with Gasteiger partial charge >= 0.3 is 12.1 Å². The number of esters is 1. The summed E-state index contributed by atoms with van der Waals surface area (Å²) in [6.45, 7) is 12.8. The Morgan fingerprint density at radius 1 is 1.00 bits per heavy atom. The van der Waals surface area contributed by atoms with E-state index < -0.39 is 29.0 Å². The van der Waals surface area contributed by atoms with E-state index in [0.717, 1.165) is 11.3 Å². The average molecular weight is 515 g/mol. The van der Waals surface area contributed by atoms with Crippen LogP contribution in [0.2, 0.25) is 0 Å². The number of methoxy groups -OCH3 is 1. The molecule has 2 amide bonds. The summed E-state index contributed by atoms with van der Waals surface area (Å²) in [7, 11) is 1.55. The number of piperazine rings is 1. The molecule has 0 N–H and O–H groups in total. The minimum Gasteiger partial charge on any atom is -0.495 e. The third-order valence-corrected chi connectivity index (χ3v) is 6.13. The van der Waals surface area contributed by atoms with Gasteiger partial charge in [-0.25, -0.2) is 4.79 Å². The average Bonchev–Trinajstić information content (AvgIpc) is 2.92. The molecule has 0 aromatic heterocycles. The molecule has 0 aliphatic carbocycles. The van der Waals surface area contributed by atoms with Crippen LogP contribution in [0.4, 0.5) is 16.2 Å². The Labute approximate surface area is 219 Å². The topological polar surface area (TPSA) is 112 Å². The van der Waals surface area contributed by atoms with Crippen molar-refractivity contribution in [3.05, 3.63) is 17.7 Å². The standard InChI is InChI=1S/C27H38N4O6/c1-26(2,3)36-24(33)19-9-8-18-16-21(22(35-7)17-20(18)31(11-10-28)23(19)32)29-12-14-30(15-13-29)25(34)37-27(4,5)6/h16-17,19H,8-9,11-15H2,1-7H3. The van der Waals surface area contributed by atoms with Gasteiger partial charge in [-0.05, 0) is 66.0 Å². The summed E-state index contributed by atoms with van der Waals surface area (Å²) in [6, 6.07) is 5.77. The molecule has 2 heterocycles. The lowest BCUT2D eigenvalue weighted by molar-refractivity contribution is -0.162.